The molecule has 0 bridgehead atoms. The van der Waals surface area contributed by atoms with Crippen LogP contribution in [0, 0.1) is 0 Å². The van der Waals surface area contributed by atoms with Gasteiger partial charge in [0, 0.05) is 12.3 Å². The summed E-state index contributed by atoms with van der Waals surface area (Å²) in [5.41, 5.74) is 0. The molecule has 1 heterocycles. The molecule has 0 N–H and O–H groups in total. The summed E-state index contributed by atoms with van der Waals surface area (Å²) in [6.07, 6.45) is 0. The van der Waals surface area contributed by atoms with Crippen molar-refractivity contribution in [1.82, 2.24) is 14.8 Å². The molecule has 0 fully saturated rings. The maximum atomic E-state index is 10.8. The topological polar surface area (TPSA) is 80.1 Å². The van der Waals surface area contributed by atoms with Crippen LogP contribution in [-0.4, -0.2) is 26.0 Å². The van der Waals surface area contributed by atoms with E-state index in [2.05, 4.69) is 10.2 Å². The third-order valence-electron chi connectivity index (χ3n) is 3.63. The second-order valence-corrected chi connectivity index (χ2v) is 6.64. The molecule has 6 nitrogen and oxygen atoms in total. The van der Waals surface area contributed by atoms with Crippen molar-refractivity contribution in [2.75, 3.05) is 0 Å². The van der Waals surface area contributed by atoms with Crippen molar-refractivity contribution in [2.24, 2.45) is 7.05 Å². The Morgan fingerprint density at radius 3 is 2.75 bits per heavy atom. The maximum absolute atomic E-state index is 10.8. The van der Waals surface area contributed by atoms with Gasteiger partial charge in [-0.25, -0.2) is 0 Å². The summed E-state index contributed by atoms with van der Waals surface area (Å²) in [4.78, 5) is 10.8. The van der Waals surface area contributed by atoms with Gasteiger partial charge in [-0.15, -0.1) is 10.2 Å². The van der Waals surface area contributed by atoms with E-state index in [0.717, 1.165) is 28.3 Å². The normalized spacial score (nSPS) is 12.2. The average molecular weight is 342 g/mol. The van der Waals surface area contributed by atoms with E-state index in [1.807, 2.05) is 42.5 Å². The standard InChI is InChI=1S/C17H17N3O3S/c1-11(16(21)22)24-17-19-18-15(20(17)2)10-23-14-8-7-12-5-3-4-6-13(12)9-14/h3-9,11H,10H2,1-2H3,(H,21,22)/p-1/t11-/m0/s1. The first kappa shape index (κ1) is 16.3. The molecule has 0 amide bonds. The van der Waals surface area contributed by atoms with Gasteiger partial charge in [-0.3, -0.25) is 0 Å². The van der Waals surface area contributed by atoms with Crippen LogP contribution in [0.4, 0.5) is 0 Å². The predicted molar refractivity (Wildman–Crippen MR) is 89.6 cm³/mol. The number of carbonyl (C=O) groups is 1. The van der Waals surface area contributed by atoms with Crippen LogP contribution in [-0.2, 0) is 18.4 Å². The Labute approximate surface area is 143 Å². The number of thioether (sulfide) groups is 1. The molecule has 0 saturated heterocycles. The van der Waals surface area contributed by atoms with Gasteiger partial charge in [-0.05, 0) is 29.8 Å². The summed E-state index contributed by atoms with van der Waals surface area (Å²) in [6.45, 7) is 1.81. The van der Waals surface area contributed by atoms with Crippen molar-refractivity contribution < 1.29 is 14.6 Å². The third-order valence-corrected chi connectivity index (χ3v) is 4.74. The number of hydrogen-bond donors (Lipinski definition) is 0. The molecule has 0 aliphatic rings. The molecule has 3 aromatic rings. The summed E-state index contributed by atoms with van der Waals surface area (Å²) in [5.74, 6) is 0.238. The Bertz CT molecular complexity index is 878. The molecular weight excluding hydrogens is 326 g/mol. The Balaban J connectivity index is 1.69. The lowest BCUT2D eigenvalue weighted by Crippen LogP contribution is -2.31. The molecule has 0 radical (unpaired) electrons. The van der Waals surface area contributed by atoms with Crippen LogP contribution in [0.15, 0.2) is 47.6 Å². The number of aromatic nitrogens is 3. The maximum Gasteiger partial charge on any atom is 0.191 e. The monoisotopic (exact) mass is 342 g/mol. The fourth-order valence-electron chi connectivity index (χ4n) is 2.18. The highest BCUT2D eigenvalue weighted by Gasteiger charge is 2.14. The van der Waals surface area contributed by atoms with E-state index in [1.54, 1.807) is 18.5 Å². The Hall–Kier alpha value is -2.54. The second-order valence-electron chi connectivity index (χ2n) is 5.33. The van der Waals surface area contributed by atoms with Crippen molar-refractivity contribution >= 4 is 28.5 Å². The van der Waals surface area contributed by atoms with Gasteiger partial charge in [0.05, 0.1) is 5.97 Å². The average Bonchev–Trinajstić information content (AvgIpc) is 2.93. The number of aliphatic carboxylic acids is 1. The summed E-state index contributed by atoms with van der Waals surface area (Å²) < 4.78 is 7.51. The highest BCUT2D eigenvalue weighted by Crippen LogP contribution is 2.23. The molecule has 3 rings (SSSR count). The number of nitrogens with zero attached hydrogens (tertiary/aromatic N) is 3. The quantitative estimate of drug-likeness (QED) is 0.635. The van der Waals surface area contributed by atoms with Crippen LogP contribution in [0.2, 0.25) is 0 Å². The van der Waals surface area contributed by atoms with Crippen LogP contribution in [0.3, 0.4) is 0 Å². The van der Waals surface area contributed by atoms with Crippen LogP contribution in [0.25, 0.3) is 10.8 Å². The minimum Gasteiger partial charge on any atom is -0.549 e. The van der Waals surface area contributed by atoms with Crippen LogP contribution >= 0.6 is 11.8 Å². The Morgan fingerprint density at radius 2 is 2.00 bits per heavy atom. The predicted octanol–water partition coefficient (Wildman–Crippen LogP) is 1.78. The number of fused-ring (bicyclic) bond motifs is 1. The molecule has 1 aromatic heterocycles. The molecule has 1 atom stereocenters. The molecule has 0 aliphatic carbocycles. The molecule has 24 heavy (non-hydrogen) atoms. The van der Waals surface area contributed by atoms with Crippen molar-refractivity contribution in [3.8, 4) is 5.75 Å². The van der Waals surface area contributed by atoms with Crippen molar-refractivity contribution in [1.29, 1.82) is 0 Å². The molecule has 0 unspecified atom stereocenters. The summed E-state index contributed by atoms with van der Waals surface area (Å²) in [6, 6.07) is 13.9. The van der Waals surface area contributed by atoms with E-state index in [0.29, 0.717) is 11.0 Å². The number of carboxylic acids is 1. The summed E-state index contributed by atoms with van der Waals surface area (Å²) in [5, 5.41) is 21.0. The lowest BCUT2D eigenvalue weighted by molar-refractivity contribution is -0.304. The Morgan fingerprint density at radius 1 is 1.25 bits per heavy atom. The number of rotatable bonds is 6. The van der Waals surface area contributed by atoms with Gasteiger partial charge in [0.1, 0.15) is 12.4 Å². The molecule has 2 aromatic carbocycles. The third kappa shape index (κ3) is 3.51. The number of carboxylic acid groups (broad SMARTS) is 1. The number of hydrogen-bond acceptors (Lipinski definition) is 6. The molecule has 7 heteroatoms. The lowest BCUT2D eigenvalue weighted by Gasteiger charge is -2.11. The van der Waals surface area contributed by atoms with Crippen LogP contribution in [0.5, 0.6) is 5.75 Å². The van der Waals surface area contributed by atoms with E-state index in [9.17, 15) is 9.90 Å². The first-order valence-corrected chi connectivity index (χ1v) is 8.30. The van der Waals surface area contributed by atoms with Crippen molar-refractivity contribution in [2.45, 2.75) is 23.9 Å². The number of carbonyl (C=O) groups excluding carboxylic acids is 1. The molecular formula is C17H16N3O3S-. The fourth-order valence-corrected chi connectivity index (χ4v) is 2.95. The minimum atomic E-state index is -1.13. The highest BCUT2D eigenvalue weighted by molar-refractivity contribution is 8.00. The van der Waals surface area contributed by atoms with Gasteiger partial charge in [-0.1, -0.05) is 42.1 Å². The van der Waals surface area contributed by atoms with Gasteiger partial charge in [0.25, 0.3) is 0 Å². The Kier molecular flexibility index (Phi) is 4.71. The molecule has 0 saturated carbocycles. The fraction of sp³-hybridized carbons (Fsp3) is 0.235. The van der Waals surface area contributed by atoms with Gasteiger partial charge in [-0.2, -0.15) is 0 Å². The molecule has 0 aliphatic heterocycles. The largest absolute Gasteiger partial charge is 0.549 e. The van der Waals surface area contributed by atoms with E-state index in [-0.39, 0.29) is 6.61 Å². The van der Waals surface area contributed by atoms with E-state index in [1.165, 1.54) is 0 Å². The van der Waals surface area contributed by atoms with Crippen LogP contribution < -0.4 is 9.84 Å². The SMILES string of the molecule is C[C@H](Sc1nnc(COc2ccc3ccccc3c2)n1C)C(=O)[O-]. The van der Waals surface area contributed by atoms with Gasteiger partial charge < -0.3 is 19.2 Å². The second kappa shape index (κ2) is 6.92. The molecule has 124 valence electrons. The summed E-state index contributed by atoms with van der Waals surface area (Å²) >= 11 is 1.09. The van der Waals surface area contributed by atoms with Crippen molar-refractivity contribution in [3.63, 3.8) is 0 Å². The van der Waals surface area contributed by atoms with Crippen LogP contribution in [0.1, 0.15) is 12.7 Å². The van der Waals surface area contributed by atoms with E-state index < -0.39 is 11.2 Å². The van der Waals surface area contributed by atoms with Gasteiger partial charge in [0.2, 0.25) is 0 Å². The highest BCUT2D eigenvalue weighted by atomic mass is 32.2. The minimum absolute atomic E-state index is 0.252. The zero-order chi connectivity index (χ0) is 17.1. The summed E-state index contributed by atoms with van der Waals surface area (Å²) in [7, 11) is 1.78. The van der Waals surface area contributed by atoms with Gasteiger partial charge >= 0.3 is 0 Å². The zero-order valence-electron chi connectivity index (χ0n) is 13.3. The smallest absolute Gasteiger partial charge is 0.191 e. The lowest BCUT2D eigenvalue weighted by atomic mass is 10.1. The molecule has 0 spiro atoms. The number of benzene rings is 2. The van der Waals surface area contributed by atoms with Gasteiger partial charge in [0.15, 0.2) is 11.0 Å². The first-order valence-electron chi connectivity index (χ1n) is 7.42. The number of ether oxygens (including phenoxy) is 1. The zero-order valence-corrected chi connectivity index (χ0v) is 14.1. The van der Waals surface area contributed by atoms with Crippen molar-refractivity contribution in [3.05, 3.63) is 48.3 Å². The van der Waals surface area contributed by atoms with E-state index >= 15 is 0 Å². The first-order chi connectivity index (χ1) is 11.5. The van der Waals surface area contributed by atoms with E-state index in [4.69, 9.17) is 4.74 Å².